The summed E-state index contributed by atoms with van der Waals surface area (Å²) in [5, 5.41) is 9.15. The molecule has 0 radical (unpaired) electrons. The molecule has 0 fully saturated rings. The van der Waals surface area contributed by atoms with E-state index in [1.807, 2.05) is 21.0 Å². The van der Waals surface area contributed by atoms with Gasteiger partial charge in [0, 0.05) is 19.8 Å². The molecule has 1 rings (SSSR count). The van der Waals surface area contributed by atoms with Crippen molar-refractivity contribution in [1.82, 2.24) is 0 Å². The summed E-state index contributed by atoms with van der Waals surface area (Å²) in [5.41, 5.74) is 2.50. The Morgan fingerprint density at radius 2 is 1.79 bits per heavy atom. The summed E-state index contributed by atoms with van der Waals surface area (Å²) in [7, 11) is 4.07. The van der Waals surface area contributed by atoms with Gasteiger partial charge in [-0.05, 0) is 37.5 Å². The topological polar surface area (TPSA) is 23.5 Å². The van der Waals surface area contributed by atoms with Gasteiger partial charge in [0.15, 0.2) is 0 Å². The fraction of sp³-hybridized carbons (Fsp3) is 0.500. The van der Waals surface area contributed by atoms with Crippen LogP contribution in [0.5, 0.6) is 0 Å². The van der Waals surface area contributed by atoms with E-state index in [0.717, 1.165) is 12.8 Å². The molecule has 1 N–H and O–H groups in total. The Bertz CT molecular complexity index is 264. The minimum atomic E-state index is -0.205. The van der Waals surface area contributed by atoms with E-state index >= 15 is 0 Å². The Morgan fingerprint density at radius 1 is 1.21 bits per heavy atom. The molecule has 78 valence electrons. The zero-order chi connectivity index (χ0) is 10.6. The molecular weight excluding hydrogens is 174 g/mol. The Hall–Kier alpha value is -1.02. The molecule has 0 heterocycles. The second-order valence-electron chi connectivity index (χ2n) is 3.95. The van der Waals surface area contributed by atoms with Gasteiger partial charge >= 0.3 is 0 Å². The lowest BCUT2D eigenvalue weighted by atomic mass is 10.1. The van der Waals surface area contributed by atoms with Crippen LogP contribution in [0.3, 0.4) is 0 Å². The molecule has 0 bridgehead atoms. The smallest absolute Gasteiger partial charge is 0.0515 e. The van der Waals surface area contributed by atoms with Gasteiger partial charge in [0.05, 0.1) is 6.10 Å². The third-order valence-electron chi connectivity index (χ3n) is 2.30. The third-order valence-corrected chi connectivity index (χ3v) is 2.30. The maximum Gasteiger partial charge on any atom is 0.0515 e. The largest absolute Gasteiger partial charge is 0.393 e. The van der Waals surface area contributed by atoms with Gasteiger partial charge in [0.2, 0.25) is 0 Å². The normalized spacial score (nSPS) is 12.6. The van der Waals surface area contributed by atoms with Crippen LogP contribution in [0.25, 0.3) is 0 Å². The van der Waals surface area contributed by atoms with E-state index < -0.39 is 0 Å². The lowest BCUT2D eigenvalue weighted by Gasteiger charge is -2.12. The van der Waals surface area contributed by atoms with Gasteiger partial charge in [-0.1, -0.05) is 12.1 Å². The lowest BCUT2D eigenvalue weighted by molar-refractivity contribution is 0.185. The molecule has 0 spiro atoms. The number of aliphatic hydroxyl groups excluding tert-OH is 1. The highest BCUT2D eigenvalue weighted by Gasteiger charge is 1.99. The molecule has 2 nitrogen and oxygen atoms in total. The molecule has 1 aromatic carbocycles. The predicted octanol–water partition coefficient (Wildman–Crippen LogP) is 2.07. The molecule has 1 aromatic rings. The van der Waals surface area contributed by atoms with E-state index in [1.165, 1.54) is 11.3 Å². The molecule has 0 saturated carbocycles. The molecule has 0 aliphatic heterocycles. The highest BCUT2D eigenvalue weighted by atomic mass is 16.3. The molecule has 0 unspecified atom stereocenters. The van der Waals surface area contributed by atoms with Crippen LogP contribution in [0.15, 0.2) is 24.3 Å². The second-order valence-corrected chi connectivity index (χ2v) is 3.95. The van der Waals surface area contributed by atoms with Gasteiger partial charge in [0.1, 0.15) is 0 Å². The van der Waals surface area contributed by atoms with E-state index in [-0.39, 0.29) is 6.10 Å². The van der Waals surface area contributed by atoms with Gasteiger partial charge in [0.25, 0.3) is 0 Å². The van der Waals surface area contributed by atoms with Crippen molar-refractivity contribution in [2.45, 2.75) is 25.9 Å². The number of anilines is 1. The first-order chi connectivity index (χ1) is 6.59. The first-order valence-electron chi connectivity index (χ1n) is 5.04. The van der Waals surface area contributed by atoms with Gasteiger partial charge in [-0.2, -0.15) is 0 Å². The minimum Gasteiger partial charge on any atom is -0.393 e. The van der Waals surface area contributed by atoms with Crippen LogP contribution in [0.4, 0.5) is 5.69 Å². The SMILES string of the molecule is C[C@H](O)CCc1ccc(N(C)C)cc1. The van der Waals surface area contributed by atoms with Gasteiger partial charge < -0.3 is 10.0 Å². The number of rotatable bonds is 4. The molecule has 0 aromatic heterocycles. The zero-order valence-electron chi connectivity index (χ0n) is 9.20. The number of hydrogen-bond acceptors (Lipinski definition) is 2. The number of hydrogen-bond donors (Lipinski definition) is 1. The quantitative estimate of drug-likeness (QED) is 0.791. The van der Waals surface area contributed by atoms with Crippen molar-refractivity contribution in [2.24, 2.45) is 0 Å². The van der Waals surface area contributed by atoms with Crippen molar-refractivity contribution < 1.29 is 5.11 Å². The van der Waals surface area contributed by atoms with Crippen LogP contribution in [0.1, 0.15) is 18.9 Å². The summed E-state index contributed by atoms with van der Waals surface area (Å²) in [6.45, 7) is 1.83. The fourth-order valence-electron chi connectivity index (χ4n) is 1.34. The maximum absolute atomic E-state index is 9.15. The standard InChI is InChI=1S/C12H19NO/c1-10(14)4-5-11-6-8-12(9-7-11)13(2)3/h6-10,14H,4-5H2,1-3H3/t10-/m0/s1. The molecule has 0 aliphatic carbocycles. The first kappa shape index (κ1) is 11.1. The average Bonchev–Trinajstić information content (AvgIpc) is 2.15. The maximum atomic E-state index is 9.15. The molecule has 14 heavy (non-hydrogen) atoms. The number of aliphatic hydroxyl groups is 1. The highest BCUT2D eigenvalue weighted by Crippen LogP contribution is 2.13. The molecule has 1 atom stereocenters. The summed E-state index contributed by atoms with van der Waals surface area (Å²) in [6, 6.07) is 8.46. The number of aryl methyl sites for hydroxylation is 1. The summed E-state index contributed by atoms with van der Waals surface area (Å²) >= 11 is 0. The van der Waals surface area contributed by atoms with Crippen LogP contribution in [-0.2, 0) is 6.42 Å². The van der Waals surface area contributed by atoms with Crippen molar-refractivity contribution >= 4 is 5.69 Å². The van der Waals surface area contributed by atoms with Crippen LogP contribution < -0.4 is 4.90 Å². The predicted molar refractivity (Wildman–Crippen MR) is 60.8 cm³/mol. The third kappa shape index (κ3) is 3.38. The Balaban J connectivity index is 2.55. The van der Waals surface area contributed by atoms with Crippen LogP contribution in [0.2, 0.25) is 0 Å². The van der Waals surface area contributed by atoms with Crippen molar-refractivity contribution in [3.63, 3.8) is 0 Å². The molecule has 0 amide bonds. The average molecular weight is 193 g/mol. The Morgan fingerprint density at radius 3 is 2.21 bits per heavy atom. The van der Waals surface area contributed by atoms with Crippen LogP contribution in [-0.4, -0.2) is 25.3 Å². The van der Waals surface area contributed by atoms with E-state index in [0.29, 0.717) is 0 Å². The summed E-state index contributed by atoms with van der Waals surface area (Å²) in [6.07, 6.45) is 1.58. The van der Waals surface area contributed by atoms with Gasteiger partial charge in [-0.25, -0.2) is 0 Å². The Kier molecular flexibility index (Phi) is 3.96. The van der Waals surface area contributed by atoms with Crippen molar-refractivity contribution in [3.05, 3.63) is 29.8 Å². The summed E-state index contributed by atoms with van der Waals surface area (Å²) < 4.78 is 0. The molecular formula is C12H19NO. The van der Waals surface area contributed by atoms with Gasteiger partial charge in [-0.15, -0.1) is 0 Å². The van der Waals surface area contributed by atoms with Gasteiger partial charge in [-0.3, -0.25) is 0 Å². The minimum absolute atomic E-state index is 0.205. The summed E-state index contributed by atoms with van der Waals surface area (Å²) in [5.74, 6) is 0. The van der Waals surface area contributed by atoms with Crippen LogP contribution >= 0.6 is 0 Å². The van der Waals surface area contributed by atoms with E-state index in [2.05, 4.69) is 29.2 Å². The molecule has 2 heteroatoms. The molecule has 0 saturated heterocycles. The van der Waals surface area contributed by atoms with Crippen LogP contribution in [0, 0.1) is 0 Å². The summed E-state index contributed by atoms with van der Waals surface area (Å²) in [4.78, 5) is 2.08. The molecule has 0 aliphatic rings. The van der Waals surface area contributed by atoms with E-state index in [4.69, 9.17) is 5.11 Å². The van der Waals surface area contributed by atoms with Crippen molar-refractivity contribution in [3.8, 4) is 0 Å². The number of nitrogens with zero attached hydrogens (tertiary/aromatic N) is 1. The van der Waals surface area contributed by atoms with Crippen molar-refractivity contribution in [2.75, 3.05) is 19.0 Å². The fourth-order valence-corrected chi connectivity index (χ4v) is 1.34. The second kappa shape index (κ2) is 5.01. The first-order valence-corrected chi connectivity index (χ1v) is 5.04. The number of benzene rings is 1. The Labute approximate surface area is 86.2 Å². The highest BCUT2D eigenvalue weighted by molar-refractivity contribution is 5.45. The lowest BCUT2D eigenvalue weighted by Crippen LogP contribution is -2.08. The van der Waals surface area contributed by atoms with E-state index in [1.54, 1.807) is 0 Å². The monoisotopic (exact) mass is 193 g/mol. The van der Waals surface area contributed by atoms with E-state index in [9.17, 15) is 0 Å². The van der Waals surface area contributed by atoms with Crippen molar-refractivity contribution in [1.29, 1.82) is 0 Å². The zero-order valence-corrected chi connectivity index (χ0v) is 9.20.